The van der Waals surface area contributed by atoms with Crippen LogP contribution in [0.2, 0.25) is 0 Å². The largest absolute Gasteiger partial charge is 0.349 e. The minimum absolute atomic E-state index is 0.0432. The fraction of sp³-hybridized carbons (Fsp3) is 0.571. The summed E-state index contributed by atoms with van der Waals surface area (Å²) in [4.78, 5) is 16.3. The van der Waals surface area contributed by atoms with Gasteiger partial charge < -0.3 is 5.32 Å². The van der Waals surface area contributed by atoms with Crippen molar-refractivity contribution in [3.05, 3.63) is 29.6 Å². The monoisotopic (exact) mass is 312 g/mol. The molecule has 0 aliphatic heterocycles. The van der Waals surface area contributed by atoms with Gasteiger partial charge in [-0.1, -0.05) is 36.7 Å². The van der Waals surface area contributed by atoms with Crippen molar-refractivity contribution in [3.63, 3.8) is 0 Å². The lowest BCUT2D eigenvalue weighted by Crippen LogP contribution is -2.44. The fourth-order valence-corrected chi connectivity index (χ4v) is 2.13. The number of rotatable bonds is 4. The Bertz CT molecular complexity index is 395. The van der Waals surface area contributed by atoms with Crippen molar-refractivity contribution >= 4 is 21.8 Å². The van der Waals surface area contributed by atoms with Gasteiger partial charge in [-0.2, -0.15) is 0 Å². The average Bonchev–Trinajstić information content (AvgIpc) is 2.28. The SMILES string of the molecule is Cc1ccc(C(=O)NC(CCBr)C(C)(C)C)cn1. The van der Waals surface area contributed by atoms with E-state index in [1.807, 2.05) is 19.1 Å². The Morgan fingerprint density at radius 3 is 2.56 bits per heavy atom. The van der Waals surface area contributed by atoms with Crippen LogP contribution in [-0.2, 0) is 0 Å². The van der Waals surface area contributed by atoms with Gasteiger partial charge in [-0.25, -0.2) is 0 Å². The summed E-state index contributed by atoms with van der Waals surface area (Å²) in [6.07, 6.45) is 2.53. The second-order valence-electron chi connectivity index (χ2n) is 5.56. The second-order valence-corrected chi connectivity index (χ2v) is 6.35. The smallest absolute Gasteiger partial charge is 0.253 e. The third-order valence-corrected chi connectivity index (χ3v) is 3.38. The van der Waals surface area contributed by atoms with Crippen molar-refractivity contribution in [3.8, 4) is 0 Å². The summed E-state index contributed by atoms with van der Waals surface area (Å²) >= 11 is 3.43. The molecule has 1 aromatic heterocycles. The van der Waals surface area contributed by atoms with E-state index in [-0.39, 0.29) is 17.4 Å². The molecule has 0 spiro atoms. The number of halogens is 1. The minimum atomic E-state index is -0.0524. The topological polar surface area (TPSA) is 42.0 Å². The Kier molecular flexibility index (Phi) is 5.32. The van der Waals surface area contributed by atoms with Crippen LogP contribution in [0.15, 0.2) is 18.3 Å². The van der Waals surface area contributed by atoms with Crippen molar-refractivity contribution < 1.29 is 4.79 Å². The van der Waals surface area contributed by atoms with E-state index in [0.717, 1.165) is 17.4 Å². The normalized spacial score (nSPS) is 13.2. The number of hydrogen-bond donors (Lipinski definition) is 1. The van der Waals surface area contributed by atoms with Crippen molar-refractivity contribution in [2.75, 3.05) is 5.33 Å². The average molecular weight is 313 g/mol. The number of aromatic nitrogens is 1. The van der Waals surface area contributed by atoms with Crippen LogP contribution < -0.4 is 5.32 Å². The van der Waals surface area contributed by atoms with Crippen LogP contribution in [0.5, 0.6) is 0 Å². The van der Waals surface area contributed by atoms with Crippen LogP contribution in [0.4, 0.5) is 0 Å². The first-order valence-corrected chi connectivity index (χ1v) is 7.26. The van der Waals surface area contributed by atoms with Gasteiger partial charge in [-0.3, -0.25) is 9.78 Å². The molecule has 0 saturated heterocycles. The maximum Gasteiger partial charge on any atom is 0.253 e. The van der Waals surface area contributed by atoms with Crippen molar-refractivity contribution in [2.45, 2.75) is 40.2 Å². The van der Waals surface area contributed by atoms with Crippen LogP contribution in [0.25, 0.3) is 0 Å². The summed E-state index contributed by atoms with van der Waals surface area (Å²) in [5.41, 5.74) is 1.57. The molecule has 100 valence electrons. The molecule has 18 heavy (non-hydrogen) atoms. The molecule has 0 aromatic carbocycles. The Morgan fingerprint density at radius 2 is 2.11 bits per heavy atom. The first-order chi connectivity index (χ1) is 8.34. The maximum atomic E-state index is 12.1. The number of carbonyl (C=O) groups is 1. The molecule has 1 aromatic rings. The number of pyridine rings is 1. The summed E-state index contributed by atoms with van der Waals surface area (Å²) in [6.45, 7) is 8.31. The lowest BCUT2D eigenvalue weighted by molar-refractivity contribution is 0.0900. The summed E-state index contributed by atoms with van der Waals surface area (Å²) in [5.74, 6) is -0.0524. The van der Waals surface area contributed by atoms with Gasteiger partial charge >= 0.3 is 0 Å². The van der Waals surface area contributed by atoms with Crippen LogP contribution >= 0.6 is 15.9 Å². The highest BCUT2D eigenvalue weighted by Crippen LogP contribution is 2.22. The molecule has 1 heterocycles. The molecule has 4 heteroatoms. The van der Waals surface area contributed by atoms with E-state index in [1.165, 1.54) is 0 Å². The maximum absolute atomic E-state index is 12.1. The molecule has 1 amide bonds. The van der Waals surface area contributed by atoms with Crippen LogP contribution in [0.1, 0.15) is 43.2 Å². The van der Waals surface area contributed by atoms with E-state index in [9.17, 15) is 4.79 Å². The van der Waals surface area contributed by atoms with E-state index in [4.69, 9.17) is 0 Å². The number of aryl methyl sites for hydroxylation is 1. The Hall–Kier alpha value is -0.900. The molecular formula is C14H21BrN2O. The number of alkyl halides is 1. The third-order valence-electron chi connectivity index (χ3n) is 2.92. The molecule has 3 nitrogen and oxygen atoms in total. The predicted molar refractivity (Wildman–Crippen MR) is 78.1 cm³/mol. The van der Waals surface area contributed by atoms with Gasteiger partial charge in [0, 0.05) is 23.3 Å². The quantitative estimate of drug-likeness (QED) is 0.867. The van der Waals surface area contributed by atoms with E-state index in [1.54, 1.807) is 6.20 Å². The minimum Gasteiger partial charge on any atom is -0.349 e. The standard InChI is InChI=1S/C14H21BrN2O/c1-10-5-6-11(9-16-10)13(18)17-12(7-8-15)14(2,3)4/h5-6,9,12H,7-8H2,1-4H3,(H,17,18). The highest BCUT2D eigenvalue weighted by molar-refractivity contribution is 9.09. The number of amides is 1. The number of hydrogen-bond acceptors (Lipinski definition) is 2. The zero-order valence-electron chi connectivity index (χ0n) is 11.5. The zero-order valence-corrected chi connectivity index (χ0v) is 13.0. The van der Waals surface area contributed by atoms with Crippen molar-refractivity contribution in [1.82, 2.24) is 10.3 Å². The first kappa shape index (κ1) is 15.2. The molecule has 1 rings (SSSR count). The van der Waals surface area contributed by atoms with E-state index in [2.05, 4.69) is 47.0 Å². The van der Waals surface area contributed by atoms with Gasteiger partial charge in [-0.15, -0.1) is 0 Å². The zero-order chi connectivity index (χ0) is 13.8. The summed E-state index contributed by atoms with van der Waals surface area (Å²) < 4.78 is 0. The second kappa shape index (κ2) is 6.32. The molecule has 1 atom stereocenters. The van der Waals surface area contributed by atoms with E-state index < -0.39 is 0 Å². The Morgan fingerprint density at radius 1 is 1.44 bits per heavy atom. The molecule has 0 aliphatic rings. The molecule has 0 saturated carbocycles. The third kappa shape index (κ3) is 4.41. The van der Waals surface area contributed by atoms with Crippen LogP contribution in [-0.4, -0.2) is 22.3 Å². The summed E-state index contributed by atoms with van der Waals surface area (Å²) in [6, 6.07) is 3.81. The predicted octanol–water partition coefficient (Wildman–Crippen LogP) is 3.32. The van der Waals surface area contributed by atoms with Gasteiger partial charge in [0.25, 0.3) is 5.91 Å². The molecule has 0 fully saturated rings. The van der Waals surface area contributed by atoms with Gasteiger partial charge in [0.15, 0.2) is 0 Å². The number of carbonyl (C=O) groups excluding carboxylic acids is 1. The molecule has 1 unspecified atom stereocenters. The van der Waals surface area contributed by atoms with Gasteiger partial charge in [-0.05, 0) is 30.9 Å². The summed E-state index contributed by atoms with van der Waals surface area (Å²) in [7, 11) is 0. The Balaban J connectivity index is 2.75. The van der Waals surface area contributed by atoms with E-state index in [0.29, 0.717) is 5.56 Å². The molecule has 0 aliphatic carbocycles. The highest BCUT2D eigenvalue weighted by Gasteiger charge is 2.25. The van der Waals surface area contributed by atoms with Gasteiger partial charge in [0.2, 0.25) is 0 Å². The van der Waals surface area contributed by atoms with Gasteiger partial charge in [0.05, 0.1) is 5.56 Å². The van der Waals surface area contributed by atoms with Crippen molar-refractivity contribution in [2.24, 2.45) is 5.41 Å². The fourth-order valence-electron chi connectivity index (χ4n) is 1.67. The Labute approximate surface area is 118 Å². The van der Waals surface area contributed by atoms with E-state index >= 15 is 0 Å². The first-order valence-electron chi connectivity index (χ1n) is 6.14. The van der Waals surface area contributed by atoms with Crippen LogP contribution in [0, 0.1) is 12.3 Å². The lowest BCUT2D eigenvalue weighted by Gasteiger charge is -2.31. The summed E-state index contributed by atoms with van der Waals surface area (Å²) in [5, 5.41) is 3.96. The van der Waals surface area contributed by atoms with Crippen LogP contribution in [0.3, 0.4) is 0 Å². The van der Waals surface area contributed by atoms with Crippen molar-refractivity contribution in [1.29, 1.82) is 0 Å². The number of nitrogens with zero attached hydrogens (tertiary/aromatic N) is 1. The number of nitrogens with one attached hydrogen (secondary N) is 1. The molecule has 0 bridgehead atoms. The van der Waals surface area contributed by atoms with Gasteiger partial charge in [0.1, 0.15) is 0 Å². The molecule has 0 radical (unpaired) electrons. The lowest BCUT2D eigenvalue weighted by atomic mass is 9.85. The molecular weight excluding hydrogens is 292 g/mol. The molecule has 1 N–H and O–H groups in total. The highest BCUT2D eigenvalue weighted by atomic mass is 79.9.